The van der Waals surface area contributed by atoms with Crippen molar-refractivity contribution in [3.8, 4) is 0 Å². The van der Waals surface area contributed by atoms with Crippen molar-refractivity contribution in [3.05, 3.63) is 0 Å². The van der Waals surface area contributed by atoms with Gasteiger partial charge < -0.3 is 0 Å². The summed E-state index contributed by atoms with van der Waals surface area (Å²) in [6, 6.07) is 0. The third-order valence-electron chi connectivity index (χ3n) is 1.39. The molecule has 0 aliphatic carbocycles. The lowest BCUT2D eigenvalue weighted by Crippen LogP contribution is -1.85. The van der Waals surface area contributed by atoms with Crippen LogP contribution in [0.4, 0.5) is 36.6 Å². The summed E-state index contributed by atoms with van der Waals surface area (Å²) in [5, 5.41) is 0. The van der Waals surface area contributed by atoms with Crippen LogP contribution in [-0.4, -0.2) is 0 Å². The quantitative estimate of drug-likeness (QED) is 0.533. The SMILES string of the molecule is CCC(C)CC.FF.FF.FF.FF. The van der Waals surface area contributed by atoms with Gasteiger partial charge in [0.15, 0.2) is 0 Å². The molecule has 0 fully saturated rings. The Balaban J connectivity index is -0.0000000287. The lowest BCUT2D eigenvalue weighted by molar-refractivity contribution is 0.108. The summed E-state index contributed by atoms with van der Waals surface area (Å²) in [6.45, 7) is 6.74. The van der Waals surface area contributed by atoms with Crippen molar-refractivity contribution in [1.82, 2.24) is 0 Å². The van der Waals surface area contributed by atoms with Gasteiger partial charge in [0, 0.05) is 36.6 Å². The molecule has 0 aliphatic heterocycles. The van der Waals surface area contributed by atoms with E-state index in [1.54, 1.807) is 0 Å². The molecule has 0 aliphatic rings. The number of hydrogen-bond donors (Lipinski definition) is 0. The Morgan fingerprint density at radius 3 is 0.786 bits per heavy atom. The van der Waals surface area contributed by atoms with Crippen LogP contribution in [0.1, 0.15) is 33.6 Å². The zero-order valence-electron chi connectivity index (χ0n) is 8.02. The molecule has 0 unspecified atom stereocenters. The van der Waals surface area contributed by atoms with Gasteiger partial charge in [-0.3, -0.25) is 0 Å². The van der Waals surface area contributed by atoms with E-state index in [4.69, 9.17) is 36.6 Å². The van der Waals surface area contributed by atoms with Crippen molar-refractivity contribution in [2.24, 2.45) is 5.92 Å². The standard InChI is InChI=1S/C6H14.4F2/c1-4-6(3)5-2;4*1-2/h6H,4-5H2,1-3H3;;;;. The summed E-state index contributed by atoms with van der Waals surface area (Å²) >= 11 is 0. The van der Waals surface area contributed by atoms with Crippen molar-refractivity contribution in [1.29, 1.82) is 0 Å². The molecule has 94 valence electrons. The van der Waals surface area contributed by atoms with E-state index in [2.05, 4.69) is 20.8 Å². The highest BCUT2D eigenvalue weighted by atomic mass is 20.0. The lowest BCUT2D eigenvalue weighted by Gasteiger charge is -1.98. The topological polar surface area (TPSA) is 0 Å². The molecular weight excluding hydrogens is 224 g/mol. The van der Waals surface area contributed by atoms with Crippen molar-refractivity contribution in [2.45, 2.75) is 33.6 Å². The fourth-order valence-electron chi connectivity index (χ4n) is 0.289. The highest BCUT2D eigenvalue weighted by Gasteiger charge is 1.88. The summed E-state index contributed by atoms with van der Waals surface area (Å²) in [4.78, 5) is 0. The summed E-state index contributed by atoms with van der Waals surface area (Å²) in [6.07, 6.45) is 2.66. The Labute approximate surface area is 77.4 Å². The van der Waals surface area contributed by atoms with Gasteiger partial charge in [-0.1, -0.05) is 33.6 Å². The van der Waals surface area contributed by atoms with E-state index in [9.17, 15) is 0 Å². The molecule has 0 saturated carbocycles. The highest BCUT2D eigenvalue weighted by Crippen LogP contribution is 2.02. The Morgan fingerprint density at radius 2 is 0.786 bits per heavy atom. The van der Waals surface area contributed by atoms with E-state index in [1.807, 2.05) is 0 Å². The highest BCUT2D eigenvalue weighted by molar-refractivity contribution is 4.41. The van der Waals surface area contributed by atoms with Crippen molar-refractivity contribution in [3.63, 3.8) is 0 Å². The van der Waals surface area contributed by atoms with Gasteiger partial charge in [0.05, 0.1) is 0 Å². The minimum absolute atomic E-state index is 0.935. The summed E-state index contributed by atoms with van der Waals surface area (Å²) < 4.78 is 64.0. The molecule has 0 saturated heterocycles. The van der Waals surface area contributed by atoms with E-state index in [1.165, 1.54) is 12.8 Å². The van der Waals surface area contributed by atoms with Crippen molar-refractivity contribution < 1.29 is 36.6 Å². The van der Waals surface area contributed by atoms with Gasteiger partial charge in [-0.15, -0.1) is 0 Å². The average molecular weight is 238 g/mol. The minimum Gasteiger partial charge on any atom is -0.0651 e. The first-order valence-corrected chi connectivity index (χ1v) is 3.38. The lowest BCUT2D eigenvalue weighted by atomic mass is 10.1. The Hall–Kier alpha value is -0.560. The Bertz CT molecular complexity index is 33.0. The van der Waals surface area contributed by atoms with Crippen LogP contribution < -0.4 is 0 Å². The third kappa shape index (κ3) is 105. The predicted molar refractivity (Wildman–Crippen MR) is 38.6 cm³/mol. The maximum atomic E-state index is 8.00. The molecule has 0 aromatic heterocycles. The van der Waals surface area contributed by atoms with E-state index in [0.717, 1.165) is 5.92 Å². The van der Waals surface area contributed by atoms with Gasteiger partial charge in [-0.05, 0) is 5.92 Å². The fraction of sp³-hybridized carbons (Fsp3) is 1.00. The average Bonchev–Trinajstić information content (AvgIpc) is 2.38. The van der Waals surface area contributed by atoms with Gasteiger partial charge in [0.1, 0.15) is 0 Å². The van der Waals surface area contributed by atoms with Gasteiger partial charge in [0.2, 0.25) is 0 Å². The van der Waals surface area contributed by atoms with E-state index >= 15 is 0 Å². The molecular formula is C6H14F8. The summed E-state index contributed by atoms with van der Waals surface area (Å²) in [5.41, 5.74) is 0. The second kappa shape index (κ2) is 82.6. The predicted octanol–water partition coefficient (Wildman–Crippen LogP) is 5.80. The van der Waals surface area contributed by atoms with Crippen LogP contribution in [0.2, 0.25) is 0 Å². The minimum atomic E-state index is 0.935. The summed E-state index contributed by atoms with van der Waals surface area (Å²) in [5.74, 6) is 0.935. The molecule has 0 aromatic rings. The van der Waals surface area contributed by atoms with Crippen LogP contribution in [0.3, 0.4) is 0 Å². The van der Waals surface area contributed by atoms with Crippen LogP contribution in [0.15, 0.2) is 0 Å². The third-order valence-corrected chi connectivity index (χ3v) is 1.39. The van der Waals surface area contributed by atoms with E-state index in [-0.39, 0.29) is 0 Å². The molecule has 0 radical (unpaired) electrons. The molecule has 0 heterocycles. The molecule has 0 nitrogen and oxygen atoms in total. The van der Waals surface area contributed by atoms with E-state index in [0.29, 0.717) is 0 Å². The zero-order chi connectivity index (χ0) is 13.0. The number of halogens is 8. The molecule has 0 spiro atoms. The maximum absolute atomic E-state index is 8.00. The fourth-order valence-corrected chi connectivity index (χ4v) is 0.289. The molecule has 0 aromatic carbocycles. The van der Waals surface area contributed by atoms with Crippen molar-refractivity contribution in [2.75, 3.05) is 0 Å². The molecule has 0 N–H and O–H groups in total. The van der Waals surface area contributed by atoms with Gasteiger partial charge in [-0.2, -0.15) is 0 Å². The second-order valence-corrected chi connectivity index (χ2v) is 1.92. The first-order valence-electron chi connectivity index (χ1n) is 3.38. The Kier molecular flexibility index (Phi) is 172. The largest absolute Gasteiger partial charge is 0.0651 e. The van der Waals surface area contributed by atoms with Gasteiger partial charge in [-0.25, -0.2) is 0 Å². The first-order chi connectivity index (χ1) is 6.81. The van der Waals surface area contributed by atoms with Gasteiger partial charge in [0.25, 0.3) is 0 Å². The molecule has 0 rings (SSSR count). The van der Waals surface area contributed by atoms with Crippen LogP contribution in [-0.2, 0) is 0 Å². The second-order valence-electron chi connectivity index (χ2n) is 1.92. The Morgan fingerprint density at radius 1 is 0.643 bits per heavy atom. The molecule has 0 amide bonds. The van der Waals surface area contributed by atoms with Crippen LogP contribution >= 0.6 is 0 Å². The molecule has 0 bridgehead atoms. The molecule has 0 atom stereocenters. The number of hydrogen-bond acceptors (Lipinski definition) is 0. The molecule has 8 heteroatoms. The number of rotatable bonds is 2. The monoisotopic (exact) mass is 238 g/mol. The summed E-state index contributed by atoms with van der Waals surface area (Å²) in [7, 11) is 0. The van der Waals surface area contributed by atoms with Crippen LogP contribution in [0.25, 0.3) is 0 Å². The maximum Gasteiger partial charge on any atom is 0 e. The molecule has 14 heavy (non-hydrogen) atoms. The van der Waals surface area contributed by atoms with E-state index < -0.39 is 0 Å². The first kappa shape index (κ1) is 29.2. The normalized spacial score (nSPS) is 6.00. The van der Waals surface area contributed by atoms with Crippen molar-refractivity contribution >= 4 is 0 Å². The van der Waals surface area contributed by atoms with Crippen LogP contribution in [0.5, 0.6) is 0 Å². The zero-order valence-corrected chi connectivity index (χ0v) is 8.02. The van der Waals surface area contributed by atoms with Crippen LogP contribution in [0, 0.1) is 5.92 Å². The smallest absolute Gasteiger partial charge is 0 e. The van der Waals surface area contributed by atoms with Gasteiger partial charge >= 0.3 is 0 Å².